The molecule has 0 unspecified atom stereocenters. The molecule has 0 spiro atoms. The van der Waals surface area contributed by atoms with Gasteiger partial charge in [0.1, 0.15) is 18.1 Å². The maximum absolute atomic E-state index is 10.7. The number of hydrogen-bond donors (Lipinski definition) is 0. The van der Waals surface area contributed by atoms with Crippen molar-refractivity contribution in [3.63, 3.8) is 0 Å². The molecule has 0 N–H and O–H groups in total. The number of aryl methyl sites for hydroxylation is 2. The Kier molecular flexibility index (Phi) is 2.73. The first-order chi connectivity index (χ1) is 7.20. The minimum absolute atomic E-state index is 0.171. The molecule has 0 amide bonds. The zero-order chi connectivity index (χ0) is 10.8. The maximum Gasteiger partial charge on any atom is 0.150 e. The van der Waals surface area contributed by atoms with Gasteiger partial charge in [0.2, 0.25) is 0 Å². The standard InChI is InChI=1S/C12H14O3/c1-8-3-10(5-13)4-9(2)12(8)15-11-6-14-7-11/h3-5,11H,6-7H2,1-2H3. The van der Waals surface area contributed by atoms with Gasteiger partial charge in [0, 0.05) is 5.56 Å². The van der Waals surface area contributed by atoms with E-state index in [2.05, 4.69) is 0 Å². The van der Waals surface area contributed by atoms with E-state index in [0.717, 1.165) is 23.2 Å². The van der Waals surface area contributed by atoms with Gasteiger partial charge in [-0.2, -0.15) is 0 Å². The number of benzene rings is 1. The average Bonchev–Trinajstić information content (AvgIpc) is 2.13. The van der Waals surface area contributed by atoms with E-state index in [4.69, 9.17) is 9.47 Å². The van der Waals surface area contributed by atoms with Crippen LogP contribution in [0.5, 0.6) is 5.75 Å². The van der Waals surface area contributed by atoms with Crippen LogP contribution in [0, 0.1) is 13.8 Å². The topological polar surface area (TPSA) is 35.5 Å². The van der Waals surface area contributed by atoms with Crippen LogP contribution in [0.15, 0.2) is 12.1 Å². The molecule has 0 aromatic heterocycles. The summed E-state index contributed by atoms with van der Waals surface area (Å²) >= 11 is 0. The van der Waals surface area contributed by atoms with Crippen LogP contribution in [0.25, 0.3) is 0 Å². The van der Waals surface area contributed by atoms with Gasteiger partial charge in [0.15, 0.2) is 0 Å². The monoisotopic (exact) mass is 206 g/mol. The van der Waals surface area contributed by atoms with Gasteiger partial charge in [-0.15, -0.1) is 0 Å². The van der Waals surface area contributed by atoms with E-state index in [1.165, 1.54) is 0 Å². The Morgan fingerprint density at radius 1 is 1.33 bits per heavy atom. The summed E-state index contributed by atoms with van der Waals surface area (Å²) < 4.78 is 10.8. The fourth-order valence-corrected chi connectivity index (χ4v) is 1.69. The lowest BCUT2D eigenvalue weighted by molar-refractivity contribution is -0.0801. The summed E-state index contributed by atoms with van der Waals surface area (Å²) in [7, 11) is 0. The second-order valence-corrected chi connectivity index (χ2v) is 3.88. The Morgan fingerprint density at radius 3 is 2.33 bits per heavy atom. The normalized spacial score (nSPS) is 15.9. The van der Waals surface area contributed by atoms with Crippen LogP contribution in [0.2, 0.25) is 0 Å². The van der Waals surface area contributed by atoms with Gasteiger partial charge in [-0.05, 0) is 37.1 Å². The number of ether oxygens (including phenoxy) is 2. The van der Waals surface area contributed by atoms with Crippen molar-refractivity contribution < 1.29 is 14.3 Å². The summed E-state index contributed by atoms with van der Waals surface area (Å²) in [5.41, 5.74) is 2.70. The second-order valence-electron chi connectivity index (χ2n) is 3.88. The molecule has 1 aromatic rings. The molecule has 2 rings (SSSR count). The van der Waals surface area contributed by atoms with Gasteiger partial charge in [-0.25, -0.2) is 0 Å². The van der Waals surface area contributed by atoms with Crippen molar-refractivity contribution in [2.45, 2.75) is 20.0 Å². The molecule has 1 aliphatic rings. The van der Waals surface area contributed by atoms with E-state index in [1.54, 1.807) is 0 Å². The van der Waals surface area contributed by atoms with Crippen molar-refractivity contribution in [3.8, 4) is 5.75 Å². The Balaban J connectivity index is 2.25. The molecule has 15 heavy (non-hydrogen) atoms. The lowest BCUT2D eigenvalue weighted by atomic mass is 10.1. The summed E-state index contributed by atoms with van der Waals surface area (Å²) in [6.07, 6.45) is 1.03. The number of rotatable bonds is 3. The predicted molar refractivity (Wildman–Crippen MR) is 56.5 cm³/mol. The van der Waals surface area contributed by atoms with Gasteiger partial charge in [0.25, 0.3) is 0 Å². The van der Waals surface area contributed by atoms with Crippen LogP contribution in [0.3, 0.4) is 0 Å². The lowest BCUT2D eigenvalue weighted by Crippen LogP contribution is -2.38. The second kappa shape index (κ2) is 4.03. The average molecular weight is 206 g/mol. The van der Waals surface area contributed by atoms with Crippen molar-refractivity contribution in [1.29, 1.82) is 0 Å². The molecule has 80 valence electrons. The van der Waals surface area contributed by atoms with Gasteiger partial charge in [-0.1, -0.05) is 0 Å². The number of hydrogen-bond acceptors (Lipinski definition) is 3. The van der Waals surface area contributed by atoms with E-state index in [1.807, 2.05) is 26.0 Å². The Labute approximate surface area is 89.0 Å². The summed E-state index contributed by atoms with van der Waals surface area (Å²) in [6, 6.07) is 3.68. The molecule has 3 nitrogen and oxygen atoms in total. The van der Waals surface area contributed by atoms with Crippen molar-refractivity contribution in [2.24, 2.45) is 0 Å². The summed E-state index contributed by atoms with van der Waals surface area (Å²) in [5.74, 6) is 0.883. The molecular weight excluding hydrogens is 192 g/mol. The van der Waals surface area contributed by atoms with E-state index in [0.29, 0.717) is 18.8 Å². The van der Waals surface area contributed by atoms with Crippen LogP contribution in [-0.2, 0) is 4.74 Å². The minimum atomic E-state index is 0.171. The highest BCUT2D eigenvalue weighted by Crippen LogP contribution is 2.26. The van der Waals surface area contributed by atoms with Gasteiger partial charge < -0.3 is 9.47 Å². The molecule has 1 aromatic carbocycles. The molecule has 1 aliphatic heterocycles. The largest absolute Gasteiger partial charge is 0.485 e. The third-order valence-electron chi connectivity index (χ3n) is 2.51. The quantitative estimate of drug-likeness (QED) is 0.708. The number of aldehydes is 1. The van der Waals surface area contributed by atoms with Crippen molar-refractivity contribution >= 4 is 6.29 Å². The van der Waals surface area contributed by atoms with Crippen molar-refractivity contribution in [3.05, 3.63) is 28.8 Å². The summed E-state index contributed by atoms with van der Waals surface area (Å²) in [4.78, 5) is 10.7. The van der Waals surface area contributed by atoms with E-state index in [-0.39, 0.29) is 6.10 Å². The first kappa shape index (κ1) is 10.2. The third-order valence-corrected chi connectivity index (χ3v) is 2.51. The Bertz CT molecular complexity index is 357. The summed E-state index contributed by atoms with van der Waals surface area (Å²) in [5, 5.41) is 0. The third kappa shape index (κ3) is 2.02. The molecule has 3 heteroatoms. The smallest absolute Gasteiger partial charge is 0.150 e. The maximum atomic E-state index is 10.7. The zero-order valence-corrected chi connectivity index (χ0v) is 8.95. The molecule has 0 aliphatic carbocycles. The molecule has 0 radical (unpaired) electrons. The van der Waals surface area contributed by atoms with E-state index in [9.17, 15) is 4.79 Å². The van der Waals surface area contributed by atoms with Gasteiger partial charge in [-0.3, -0.25) is 4.79 Å². The highest BCUT2D eigenvalue weighted by atomic mass is 16.6. The van der Waals surface area contributed by atoms with Crippen LogP contribution >= 0.6 is 0 Å². The lowest BCUT2D eigenvalue weighted by Gasteiger charge is -2.28. The van der Waals surface area contributed by atoms with Gasteiger partial charge >= 0.3 is 0 Å². The molecule has 1 saturated heterocycles. The Hall–Kier alpha value is -1.35. The van der Waals surface area contributed by atoms with Crippen molar-refractivity contribution in [1.82, 2.24) is 0 Å². The minimum Gasteiger partial charge on any atom is -0.485 e. The molecule has 0 atom stereocenters. The fourth-order valence-electron chi connectivity index (χ4n) is 1.69. The number of carbonyl (C=O) groups is 1. The highest BCUT2D eigenvalue weighted by molar-refractivity contribution is 5.76. The molecule has 1 heterocycles. The molecule has 1 fully saturated rings. The van der Waals surface area contributed by atoms with Gasteiger partial charge in [0.05, 0.1) is 13.2 Å². The SMILES string of the molecule is Cc1cc(C=O)cc(C)c1OC1COC1. The predicted octanol–water partition coefficient (Wildman–Crippen LogP) is 1.89. The first-order valence-corrected chi connectivity index (χ1v) is 5.01. The first-order valence-electron chi connectivity index (χ1n) is 5.01. The van der Waals surface area contributed by atoms with Crippen LogP contribution in [0.1, 0.15) is 21.5 Å². The fraction of sp³-hybridized carbons (Fsp3) is 0.417. The Morgan fingerprint density at radius 2 is 1.93 bits per heavy atom. The van der Waals surface area contributed by atoms with Crippen molar-refractivity contribution in [2.75, 3.05) is 13.2 Å². The number of carbonyl (C=O) groups excluding carboxylic acids is 1. The molecular formula is C12H14O3. The molecule has 0 saturated carbocycles. The summed E-state index contributed by atoms with van der Waals surface area (Å²) in [6.45, 7) is 5.23. The highest BCUT2D eigenvalue weighted by Gasteiger charge is 2.21. The van der Waals surface area contributed by atoms with E-state index < -0.39 is 0 Å². The van der Waals surface area contributed by atoms with Crippen LogP contribution < -0.4 is 4.74 Å². The van der Waals surface area contributed by atoms with E-state index >= 15 is 0 Å². The molecule has 0 bridgehead atoms. The van der Waals surface area contributed by atoms with Crippen LogP contribution in [0.4, 0.5) is 0 Å². The zero-order valence-electron chi connectivity index (χ0n) is 8.95. The van der Waals surface area contributed by atoms with Crippen LogP contribution in [-0.4, -0.2) is 25.6 Å².